The standard InChI is InChI=1S/C23H25F2N5O3/c1-13(2)16(23(32)33)12-29(4)22-18(25)10-26-21(27-22)19-9-20(14(3)31)30(28-19)11-15-7-5-6-8-17(15)24/h5-10,13,16H,11-12H2,1-4H3,(H,32,33). The summed E-state index contributed by atoms with van der Waals surface area (Å²) in [5.41, 5.74) is 0.787. The van der Waals surface area contributed by atoms with Gasteiger partial charge >= 0.3 is 5.97 Å². The molecule has 1 aromatic carbocycles. The highest BCUT2D eigenvalue weighted by atomic mass is 19.1. The average Bonchev–Trinajstić information content (AvgIpc) is 3.17. The van der Waals surface area contributed by atoms with Gasteiger partial charge in [0.1, 0.15) is 17.2 Å². The van der Waals surface area contributed by atoms with Crippen LogP contribution in [0.2, 0.25) is 0 Å². The van der Waals surface area contributed by atoms with E-state index in [2.05, 4.69) is 15.1 Å². The molecule has 0 saturated carbocycles. The topological polar surface area (TPSA) is 101 Å². The summed E-state index contributed by atoms with van der Waals surface area (Å²) in [7, 11) is 1.55. The van der Waals surface area contributed by atoms with E-state index in [0.29, 0.717) is 5.56 Å². The second-order valence-electron chi connectivity index (χ2n) is 8.15. The molecule has 0 saturated heterocycles. The third-order valence-electron chi connectivity index (χ3n) is 5.33. The highest BCUT2D eigenvalue weighted by Crippen LogP contribution is 2.24. The van der Waals surface area contributed by atoms with Gasteiger partial charge in [-0.3, -0.25) is 14.3 Å². The first kappa shape index (κ1) is 24.0. The number of carbonyl (C=O) groups is 2. The second kappa shape index (κ2) is 9.85. The van der Waals surface area contributed by atoms with Gasteiger partial charge in [0.25, 0.3) is 0 Å². The lowest BCUT2D eigenvalue weighted by Crippen LogP contribution is -2.34. The number of nitrogens with zero attached hydrogens (tertiary/aromatic N) is 5. The van der Waals surface area contributed by atoms with Crippen LogP contribution in [-0.2, 0) is 11.3 Å². The zero-order valence-corrected chi connectivity index (χ0v) is 18.8. The second-order valence-corrected chi connectivity index (χ2v) is 8.15. The summed E-state index contributed by atoms with van der Waals surface area (Å²) in [6.07, 6.45) is 0.975. The predicted molar refractivity (Wildman–Crippen MR) is 118 cm³/mol. The number of ketones is 1. The molecule has 3 rings (SSSR count). The number of Topliss-reactive ketones (excluding diaryl/α,β-unsaturated/α-hetero) is 1. The average molecular weight is 457 g/mol. The summed E-state index contributed by atoms with van der Waals surface area (Å²) in [4.78, 5) is 33.3. The van der Waals surface area contributed by atoms with E-state index in [-0.39, 0.29) is 47.8 Å². The molecule has 2 aromatic heterocycles. The molecule has 10 heteroatoms. The number of carbonyl (C=O) groups excluding carboxylic acids is 1. The normalized spacial score (nSPS) is 12.1. The van der Waals surface area contributed by atoms with Crippen molar-refractivity contribution >= 4 is 17.6 Å². The van der Waals surface area contributed by atoms with Crippen molar-refractivity contribution < 1.29 is 23.5 Å². The molecule has 0 aliphatic carbocycles. The first-order chi connectivity index (χ1) is 15.6. The third-order valence-corrected chi connectivity index (χ3v) is 5.33. The molecule has 0 aliphatic heterocycles. The van der Waals surface area contributed by atoms with E-state index in [0.717, 1.165) is 6.20 Å². The summed E-state index contributed by atoms with van der Waals surface area (Å²) >= 11 is 0. The fourth-order valence-electron chi connectivity index (χ4n) is 3.42. The maximum Gasteiger partial charge on any atom is 0.308 e. The Bertz CT molecular complexity index is 1180. The van der Waals surface area contributed by atoms with Crippen LogP contribution in [0.1, 0.15) is 36.8 Å². The number of carboxylic acid groups (broad SMARTS) is 1. The number of hydrogen-bond donors (Lipinski definition) is 1. The van der Waals surface area contributed by atoms with Crippen LogP contribution < -0.4 is 4.90 Å². The van der Waals surface area contributed by atoms with E-state index >= 15 is 0 Å². The Morgan fingerprint density at radius 1 is 1.18 bits per heavy atom. The lowest BCUT2D eigenvalue weighted by molar-refractivity contribution is -0.142. The van der Waals surface area contributed by atoms with Gasteiger partial charge in [-0.1, -0.05) is 32.0 Å². The Labute approximate surface area is 189 Å². The van der Waals surface area contributed by atoms with Crippen LogP contribution in [0.4, 0.5) is 14.6 Å². The first-order valence-electron chi connectivity index (χ1n) is 10.4. The van der Waals surface area contributed by atoms with E-state index in [9.17, 15) is 23.5 Å². The van der Waals surface area contributed by atoms with Gasteiger partial charge < -0.3 is 10.0 Å². The van der Waals surface area contributed by atoms with Gasteiger partial charge in [0.15, 0.2) is 23.2 Å². The number of aliphatic carboxylic acids is 1. The molecule has 0 aliphatic rings. The molecule has 8 nitrogen and oxygen atoms in total. The Kier molecular flexibility index (Phi) is 7.15. The Balaban J connectivity index is 1.96. The van der Waals surface area contributed by atoms with Gasteiger partial charge in [-0.2, -0.15) is 5.10 Å². The Morgan fingerprint density at radius 2 is 1.88 bits per heavy atom. The lowest BCUT2D eigenvalue weighted by atomic mass is 9.95. The van der Waals surface area contributed by atoms with Crippen molar-refractivity contribution in [2.75, 3.05) is 18.5 Å². The molecule has 0 bridgehead atoms. The molecule has 0 amide bonds. The van der Waals surface area contributed by atoms with Crippen LogP contribution in [0.15, 0.2) is 36.5 Å². The molecule has 0 radical (unpaired) electrons. The molecule has 1 atom stereocenters. The number of hydrogen-bond acceptors (Lipinski definition) is 6. The molecule has 2 heterocycles. The molecule has 3 aromatic rings. The third kappa shape index (κ3) is 5.39. The number of halogens is 2. The SMILES string of the molecule is CC(=O)c1cc(-c2ncc(F)c(N(C)CC(C(=O)O)C(C)C)n2)nn1Cc1ccccc1F. The molecule has 0 fully saturated rings. The zero-order valence-electron chi connectivity index (χ0n) is 18.8. The molecular formula is C23H25F2N5O3. The lowest BCUT2D eigenvalue weighted by Gasteiger charge is -2.25. The maximum atomic E-state index is 14.5. The van der Waals surface area contributed by atoms with Crippen LogP contribution in [0.25, 0.3) is 11.5 Å². The van der Waals surface area contributed by atoms with Gasteiger partial charge in [0.2, 0.25) is 0 Å². The van der Waals surface area contributed by atoms with E-state index in [4.69, 9.17) is 0 Å². The summed E-state index contributed by atoms with van der Waals surface area (Å²) in [6.45, 7) is 4.98. The highest BCUT2D eigenvalue weighted by Gasteiger charge is 2.25. The van der Waals surface area contributed by atoms with Crippen LogP contribution in [0.3, 0.4) is 0 Å². The predicted octanol–water partition coefficient (Wildman–Crippen LogP) is 3.66. The largest absolute Gasteiger partial charge is 0.481 e. The first-order valence-corrected chi connectivity index (χ1v) is 10.4. The number of rotatable bonds is 9. The molecule has 33 heavy (non-hydrogen) atoms. The van der Waals surface area contributed by atoms with E-state index in [1.165, 1.54) is 28.6 Å². The monoisotopic (exact) mass is 457 g/mol. The van der Waals surface area contributed by atoms with Crippen molar-refractivity contribution in [2.45, 2.75) is 27.3 Å². The van der Waals surface area contributed by atoms with Gasteiger partial charge in [0.05, 0.1) is 18.7 Å². The quantitative estimate of drug-likeness (QED) is 0.489. The summed E-state index contributed by atoms with van der Waals surface area (Å²) < 4.78 is 30.0. The minimum absolute atomic E-state index is 0.0181. The number of carboxylic acids is 1. The van der Waals surface area contributed by atoms with Crippen molar-refractivity contribution in [3.8, 4) is 11.5 Å². The van der Waals surface area contributed by atoms with Gasteiger partial charge in [-0.05, 0) is 18.1 Å². The molecule has 0 spiro atoms. The summed E-state index contributed by atoms with van der Waals surface area (Å²) in [5, 5.41) is 13.8. The van der Waals surface area contributed by atoms with Crippen molar-refractivity contribution in [1.29, 1.82) is 0 Å². The molecule has 174 valence electrons. The fraction of sp³-hybridized carbons (Fsp3) is 0.348. The maximum absolute atomic E-state index is 14.5. The molecule has 1 unspecified atom stereocenters. The van der Waals surface area contributed by atoms with Gasteiger partial charge in [-0.25, -0.2) is 18.7 Å². The fourth-order valence-corrected chi connectivity index (χ4v) is 3.42. The summed E-state index contributed by atoms with van der Waals surface area (Å²) in [5.74, 6) is -3.32. The van der Waals surface area contributed by atoms with Gasteiger partial charge in [0, 0.05) is 26.1 Å². The molecular weight excluding hydrogens is 432 g/mol. The zero-order chi connectivity index (χ0) is 24.3. The smallest absolute Gasteiger partial charge is 0.308 e. The van der Waals surface area contributed by atoms with Crippen molar-refractivity contribution in [3.63, 3.8) is 0 Å². The van der Waals surface area contributed by atoms with E-state index in [1.54, 1.807) is 39.1 Å². The number of aromatic nitrogens is 4. The van der Waals surface area contributed by atoms with Gasteiger partial charge in [-0.15, -0.1) is 0 Å². The van der Waals surface area contributed by atoms with Crippen molar-refractivity contribution in [2.24, 2.45) is 11.8 Å². The minimum atomic E-state index is -0.982. The Morgan fingerprint density at radius 3 is 2.48 bits per heavy atom. The highest BCUT2D eigenvalue weighted by molar-refractivity contribution is 5.93. The van der Waals surface area contributed by atoms with E-state index in [1.807, 2.05) is 0 Å². The van der Waals surface area contributed by atoms with Crippen molar-refractivity contribution in [3.05, 3.63) is 59.4 Å². The number of benzene rings is 1. The number of anilines is 1. The molecule has 1 N–H and O–H groups in total. The summed E-state index contributed by atoms with van der Waals surface area (Å²) in [6, 6.07) is 7.63. The Hall–Kier alpha value is -3.69. The van der Waals surface area contributed by atoms with Crippen LogP contribution in [0.5, 0.6) is 0 Å². The van der Waals surface area contributed by atoms with Crippen LogP contribution in [-0.4, -0.2) is 50.2 Å². The van der Waals surface area contributed by atoms with Crippen molar-refractivity contribution in [1.82, 2.24) is 19.7 Å². The van der Waals surface area contributed by atoms with E-state index < -0.39 is 23.5 Å². The minimum Gasteiger partial charge on any atom is -0.481 e. The van der Waals surface area contributed by atoms with Crippen LogP contribution in [0, 0.1) is 23.5 Å². The van der Waals surface area contributed by atoms with Crippen LogP contribution >= 0.6 is 0 Å².